The van der Waals surface area contributed by atoms with E-state index < -0.39 is 0 Å². The number of nitrogens with zero attached hydrogens (tertiary/aromatic N) is 1. The highest BCUT2D eigenvalue weighted by Gasteiger charge is 2.24. The van der Waals surface area contributed by atoms with Crippen molar-refractivity contribution in [1.82, 2.24) is 0 Å². The highest BCUT2D eigenvalue weighted by atomic mass is 16.5. The lowest BCUT2D eigenvalue weighted by Crippen LogP contribution is -2.33. The van der Waals surface area contributed by atoms with Gasteiger partial charge in [-0.25, -0.2) is 0 Å². The molecule has 0 saturated carbocycles. The number of amides is 2. The zero-order valence-electron chi connectivity index (χ0n) is 16.2. The average molecular weight is 380 g/mol. The van der Waals surface area contributed by atoms with E-state index in [1.54, 1.807) is 23.1 Å². The average Bonchev–Trinajstić information content (AvgIpc) is 3.11. The molecule has 0 atom stereocenters. The number of carbonyl (C=O) groups is 3. The van der Waals surface area contributed by atoms with Gasteiger partial charge in [0.1, 0.15) is 5.75 Å². The molecule has 1 N–H and O–H groups in total. The van der Waals surface area contributed by atoms with E-state index in [0.717, 1.165) is 24.1 Å². The van der Waals surface area contributed by atoms with E-state index in [1.807, 2.05) is 31.2 Å². The Balaban J connectivity index is 1.69. The van der Waals surface area contributed by atoms with Gasteiger partial charge in [0.15, 0.2) is 12.4 Å². The zero-order valence-corrected chi connectivity index (χ0v) is 16.2. The van der Waals surface area contributed by atoms with Gasteiger partial charge in [-0.05, 0) is 49.6 Å². The number of anilines is 2. The van der Waals surface area contributed by atoms with E-state index in [-0.39, 0.29) is 24.2 Å². The molecule has 2 aromatic carbocycles. The van der Waals surface area contributed by atoms with Gasteiger partial charge in [-0.1, -0.05) is 25.1 Å². The maximum Gasteiger partial charge on any atom is 0.264 e. The number of benzene rings is 2. The topological polar surface area (TPSA) is 75.7 Å². The van der Waals surface area contributed by atoms with Gasteiger partial charge in [0, 0.05) is 24.3 Å². The maximum atomic E-state index is 12.6. The minimum Gasteiger partial charge on any atom is -0.483 e. The SMILES string of the molecule is CCCC(=O)Nc1ccc(OCC(=O)N2CCc3ccccc32)c(C(C)=O)c1. The molecule has 0 radical (unpaired) electrons. The van der Waals surface area contributed by atoms with E-state index in [4.69, 9.17) is 4.74 Å². The Morgan fingerprint density at radius 3 is 2.68 bits per heavy atom. The first-order valence-electron chi connectivity index (χ1n) is 9.45. The monoisotopic (exact) mass is 380 g/mol. The van der Waals surface area contributed by atoms with Gasteiger partial charge in [0.05, 0.1) is 5.56 Å². The van der Waals surface area contributed by atoms with E-state index in [0.29, 0.717) is 30.0 Å². The number of para-hydroxylation sites is 1. The molecule has 0 aromatic heterocycles. The summed E-state index contributed by atoms with van der Waals surface area (Å²) >= 11 is 0. The van der Waals surface area contributed by atoms with Crippen molar-refractivity contribution in [1.29, 1.82) is 0 Å². The second-order valence-corrected chi connectivity index (χ2v) is 6.78. The highest BCUT2D eigenvalue weighted by Crippen LogP contribution is 2.28. The molecule has 0 unspecified atom stereocenters. The molecule has 1 aliphatic rings. The zero-order chi connectivity index (χ0) is 20.1. The van der Waals surface area contributed by atoms with Crippen LogP contribution >= 0.6 is 0 Å². The van der Waals surface area contributed by atoms with Crippen LogP contribution in [-0.4, -0.2) is 30.7 Å². The number of rotatable bonds is 7. The van der Waals surface area contributed by atoms with Crippen LogP contribution in [0.1, 0.15) is 42.6 Å². The van der Waals surface area contributed by atoms with Crippen LogP contribution in [0.2, 0.25) is 0 Å². The fourth-order valence-corrected chi connectivity index (χ4v) is 3.27. The number of fused-ring (bicyclic) bond motifs is 1. The molecular formula is C22H24N2O4. The molecule has 3 rings (SSSR count). The molecule has 2 aromatic rings. The normalized spacial score (nSPS) is 12.4. The van der Waals surface area contributed by atoms with Crippen molar-refractivity contribution in [2.45, 2.75) is 33.1 Å². The van der Waals surface area contributed by atoms with Crippen LogP contribution in [-0.2, 0) is 16.0 Å². The summed E-state index contributed by atoms with van der Waals surface area (Å²) in [5, 5.41) is 2.76. The largest absolute Gasteiger partial charge is 0.483 e. The molecule has 146 valence electrons. The second-order valence-electron chi connectivity index (χ2n) is 6.78. The number of hydrogen-bond donors (Lipinski definition) is 1. The number of carbonyl (C=O) groups excluding carboxylic acids is 3. The van der Waals surface area contributed by atoms with Crippen LogP contribution in [0.5, 0.6) is 5.75 Å². The van der Waals surface area contributed by atoms with Gasteiger partial charge in [-0.15, -0.1) is 0 Å². The maximum absolute atomic E-state index is 12.6. The lowest BCUT2D eigenvalue weighted by molar-refractivity contribution is -0.120. The number of Topliss-reactive ketones (excluding diaryl/α,β-unsaturated/α-hetero) is 1. The van der Waals surface area contributed by atoms with Crippen molar-refractivity contribution in [2.75, 3.05) is 23.4 Å². The summed E-state index contributed by atoms with van der Waals surface area (Å²) in [5.74, 6) is -0.115. The van der Waals surface area contributed by atoms with E-state index in [1.165, 1.54) is 6.92 Å². The third kappa shape index (κ3) is 4.39. The van der Waals surface area contributed by atoms with E-state index >= 15 is 0 Å². The van der Waals surface area contributed by atoms with Crippen molar-refractivity contribution in [2.24, 2.45) is 0 Å². The molecule has 6 heteroatoms. The molecular weight excluding hydrogens is 356 g/mol. The van der Waals surface area contributed by atoms with Gasteiger partial charge in [0.25, 0.3) is 5.91 Å². The third-order valence-electron chi connectivity index (χ3n) is 4.66. The smallest absolute Gasteiger partial charge is 0.264 e. The molecule has 0 bridgehead atoms. The summed E-state index contributed by atoms with van der Waals surface area (Å²) < 4.78 is 5.67. The Kier molecular flexibility index (Phi) is 6.09. The van der Waals surface area contributed by atoms with Crippen LogP contribution in [0.3, 0.4) is 0 Å². The summed E-state index contributed by atoms with van der Waals surface area (Å²) in [4.78, 5) is 38.1. The van der Waals surface area contributed by atoms with E-state index in [2.05, 4.69) is 5.32 Å². The second kappa shape index (κ2) is 8.69. The molecule has 28 heavy (non-hydrogen) atoms. The molecule has 0 aliphatic carbocycles. The summed E-state index contributed by atoms with van der Waals surface area (Å²) in [5.41, 5.74) is 2.93. The summed E-state index contributed by atoms with van der Waals surface area (Å²) in [6, 6.07) is 12.7. The molecule has 0 spiro atoms. The first-order chi connectivity index (χ1) is 13.5. The van der Waals surface area contributed by atoms with Crippen molar-refractivity contribution < 1.29 is 19.1 Å². The molecule has 0 fully saturated rings. The summed E-state index contributed by atoms with van der Waals surface area (Å²) in [6.45, 7) is 3.82. The highest BCUT2D eigenvalue weighted by molar-refractivity contribution is 6.00. The third-order valence-corrected chi connectivity index (χ3v) is 4.66. The number of hydrogen-bond acceptors (Lipinski definition) is 4. The minimum absolute atomic E-state index is 0.103. The predicted molar refractivity (Wildman–Crippen MR) is 108 cm³/mol. The first-order valence-corrected chi connectivity index (χ1v) is 9.45. The molecule has 0 saturated heterocycles. The first kappa shape index (κ1) is 19.6. The number of ether oxygens (including phenoxy) is 1. The Morgan fingerprint density at radius 2 is 1.93 bits per heavy atom. The van der Waals surface area contributed by atoms with Crippen LogP contribution in [0, 0.1) is 0 Å². The fraction of sp³-hybridized carbons (Fsp3) is 0.318. The summed E-state index contributed by atoms with van der Waals surface area (Å²) in [6.07, 6.45) is 1.99. The van der Waals surface area contributed by atoms with Crippen LogP contribution < -0.4 is 15.0 Å². The van der Waals surface area contributed by atoms with Crippen molar-refractivity contribution in [3.05, 3.63) is 53.6 Å². The van der Waals surface area contributed by atoms with E-state index in [9.17, 15) is 14.4 Å². The Labute approximate surface area is 164 Å². The molecule has 1 aliphatic heterocycles. The molecule has 1 heterocycles. The number of nitrogens with one attached hydrogen (secondary N) is 1. The van der Waals surface area contributed by atoms with Crippen molar-refractivity contribution >= 4 is 29.0 Å². The number of ketones is 1. The lowest BCUT2D eigenvalue weighted by Gasteiger charge is -2.18. The lowest BCUT2D eigenvalue weighted by atomic mass is 10.1. The molecule has 6 nitrogen and oxygen atoms in total. The minimum atomic E-state index is -0.194. The molecule has 2 amide bonds. The van der Waals surface area contributed by atoms with Gasteiger partial charge in [0.2, 0.25) is 5.91 Å². The van der Waals surface area contributed by atoms with Gasteiger partial charge in [-0.3, -0.25) is 14.4 Å². The van der Waals surface area contributed by atoms with Crippen LogP contribution in [0.4, 0.5) is 11.4 Å². The van der Waals surface area contributed by atoms with Crippen molar-refractivity contribution in [3.63, 3.8) is 0 Å². The Morgan fingerprint density at radius 1 is 1.14 bits per heavy atom. The predicted octanol–water partition coefficient (Wildman–Crippen LogP) is 3.60. The Bertz CT molecular complexity index is 907. The van der Waals surface area contributed by atoms with Gasteiger partial charge in [-0.2, -0.15) is 0 Å². The Hall–Kier alpha value is -3.15. The summed E-state index contributed by atoms with van der Waals surface area (Å²) in [7, 11) is 0. The fourth-order valence-electron chi connectivity index (χ4n) is 3.27. The quantitative estimate of drug-likeness (QED) is 0.745. The van der Waals surface area contributed by atoms with Crippen LogP contribution in [0.25, 0.3) is 0 Å². The van der Waals surface area contributed by atoms with Gasteiger partial charge >= 0.3 is 0 Å². The standard InChI is InChI=1S/C22H24N2O4/c1-3-6-21(26)23-17-9-10-20(18(13-17)15(2)25)28-14-22(27)24-12-11-16-7-4-5-8-19(16)24/h4-5,7-10,13H,3,6,11-12,14H2,1-2H3,(H,23,26). The van der Waals surface area contributed by atoms with Crippen molar-refractivity contribution in [3.8, 4) is 5.75 Å². The van der Waals surface area contributed by atoms with Gasteiger partial charge < -0.3 is 15.0 Å². The van der Waals surface area contributed by atoms with Crippen LogP contribution in [0.15, 0.2) is 42.5 Å².